The molecule has 0 saturated carbocycles. The molecule has 0 fully saturated rings. The van der Waals surface area contributed by atoms with Crippen molar-refractivity contribution >= 4 is 5.69 Å². The highest BCUT2D eigenvalue weighted by molar-refractivity contribution is 5.46. The van der Waals surface area contributed by atoms with E-state index in [4.69, 9.17) is 0 Å². The zero-order chi connectivity index (χ0) is 12.0. The van der Waals surface area contributed by atoms with Gasteiger partial charge in [-0.25, -0.2) is 0 Å². The fourth-order valence-corrected chi connectivity index (χ4v) is 1.70. The smallest absolute Gasteiger partial charge is 0.0468 e. The summed E-state index contributed by atoms with van der Waals surface area (Å²) < 4.78 is 0. The monoisotopic (exact) mass is 217 g/mol. The van der Waals surface area contributed by atoms with Crippen molar-refractivity contribution < 1.29 is 0 Å². The first-order valence-electron chi connectivity index (χ1n) is 6.12. The van der Waals surface area contributed by atoms with Crippen molar-refractivity contribution in [1.82, 2.24) is 0 Å². The highest BCUT2D eigenvalue weighted by Crippen LogP contribution is 2.16. The Labute approximate surface area is 99.6 Å². The van der Waals surface area contributed by atoms with E-state index in [0.29, 0.717) is 6.04 Å². The Morgan fingerprint density at radius 1 is 1.31 bits per heavy atom. The summed E-state index contributed by atoms with van der Waals surface area (Å²) in [7, 11) is 0. The van der Waals surface area contributed by atoms with E-state index in [-0.39, 0.29) is 0 Å². The molecular formula is C15H23N. The third-order valence-electron chi connectivity index (χ3n) is 2.83. The highest BCUT2D eigenvalue weighted by Gasteiger charge is 2.08. The van der Waals surface area contributed by atoms with Crippen molar-refractivity contribution in [3.63, 3.8) is 0 Å². The third-order valence-corrected chi connectivity index (χ3v) is 2.83. The van der Waals surface area contributed by atoms with Gasteiger partial charge in [-0.2, -0.15) is 0 Å². The summed E-state index contributed by atoms with van der Waals surface area (Å²) in [4.78, 5) is 0. The quantitative estimate of drug-likeness (QED) is 0.690. The number of benzene rings is 1. The Morgan fingerprint density at radius 2 is 1.94 bits per heavy atom. The lowest BCUT2D eigenvalue weighted by Crippen LogP contribution is -2.20. The van der Waals surface area contributed by atoms with Gasteiger partial charge in [0.05, 0.1) is 0 Å². The molecule has 1 nitrogen and oxygen atoms in total. The molecule has 0 aliphatic heterocycles. The average molecular weight is 217 g/mol. The van der Waals surface area contributed by atoms with Gasteiger partial charge in [-0.05, 0) is 32.4 Å². The second-order valence-electron chi connectivity index (χ2n) is 4.55. The van der Waals surface area contributed by atoms with Crippen LogP contribution in [0.1, 0.15) is 38.7 Å². The maximum Gasteiger partial charge on any atom is 0.0468 e. The number of rotatable bonds is 6. The summed E-state index contributed by atoms with van der Waals surface area (Å²) in [5.74, 6) is 0. The molecule has 1 heteroatoms. The molecule has 0 spiro atoms. The molecule has 0 saturated heterocycles. The summed E-state index contributed by atoms with van der Waals surface area (Å²) in [6.45, 7) is 10.5. The van der Waals surface area contributed by atoms with Crippen molar-refractivity contribution in [3.05, 3.63) is 42.0 Å². The number of aryl methyl sites for hydroxylation is 1. The van der Waals surface area contributed by atoms with E-state index in [2.05, 4.69) is 56.9 Å². The Bertz CT molecular complexity index is 324. The van der Waals surface area contributed by atoms with Gasteiger partial charge in [0.15, 0.2) is 0 Å². The van der Waals surface area contributed by atoms with Crippen LogP contribution in [0.3, 0.4) is 0 Å². The Kier molecular flexibility index (Phi) is 5.10. The Balaban J connectivity index is 2.60. The van der Waals surface area contributed by atoms with E-state index in [1.54, 1.807) is 0 Å². The largest absolute Gasteiger partial charge is 0.379 e. The zero-order valence-corrected chi connectivity index (χ0v) is 10.7. The van der Waals surface area contributed by atoms with Crippen LogP contribution in [0.15, 0.2) is 36.4 Å². The van der Waals surface area contributed by atoms with Crippen LogP contribution in [-0.4, -0.2) is 6.04 Å². The minimum atomic E-state index is 0.405. The van der Waals surface area contributed by atoms with Crippen LogP contribution in [0.4, 0.5) is 5.69 Å². The molecule has 0 aliphatic carbocycles. The van der Waals surface area contributed by atoms with Crippen molar-refractivity contribution in [2.24, 2.45) is 0 Å². The van der Waals surface area contributed by atoms with E-state index >= 15 is 0 Å². The van der Waals surface area contributed by atoms with Crippen LogP contribution in [0.2, 0.25) is 0 Å². The zero-order valence-electron chi connectivity index (χ0n) is 10.7. The van der Waals surface area contributed by atoms with Crippen molar-refractivity contribution in [1.29, 1.82) is 0 Å². The van der Waals surface area contributed by atoms with Crippen LogP contribution < -0.4 is 5.32 Å². The minimum absolute atomic E-state index is 0.405. The van der Waals surface area contributed by atoms with Crippen molar-refractivity contribution in [2.45, 2.75) is 46.1 Å². The first-order valence-corrected chi connectivity index (χ1v) is 6.12. The van der Waals surface area contributed by atoms with Gasteiger partial charge in [-0.15, -0.1) is 0 Å². The summed E-state index contributed by atoms with van der Waals surface area (Å²) in [5, 5.41) is 3.54. The second kappa shape index (κ2) is 6.37. The van der Waals surface area contributed by atoms with Crippen molar-refractivity contribution in [3.8, 4) is 0 Å². The molecule has 88 valence electrons. The summed E-state index contributed by atoms with van der Waals surface area (Å²) >= 11 is 0. The van der Waals surface area contributed by atoms with Crippen LogP contribution >= 0.6 is 0 Å². The molecule has 0 aliphatic rings. The third kappa shape index (κ3) is 4.09. The number of nitrogens with one attached hydrogen (secondary N) is 1. The Hall–Kier alpha value is -1.24. The van der Waals surface area contributed by atoms with E-state index in [9.17, 15) is 0 Å². The lowest BCUT2D eigenvalue weighted by Gasteiger charge is -2.20. The first-order chi connectivity index (χ1) is 7.63. The normalized spacial score (nSPS) is 12.2. The fourth-order valence-electron chi connectivity index (χ4n) is 1.70. The molecule has 16 heavy (non-hydrogen) atoms. The molecule has 1 rings (SSSR count). The number of unbranched alkanes of at least 4 members (excludes halogenated alkanes) is 1. The molecule has 0 amide bonds. The van der Waals surface area contributed by atoms with Gasteiger partial charge in [0, 0.05) is 11.7 Å². The molecule has 1 aromatic carbocycles. The minimum Gasteiger partial charge on any atom is -0.379 e. The van der Waals surface area contributed by atoms with Gasteiger partial charge in [-0.3, -0.25) is 0 Å². The predicted octanol–water partition coefficient (Wildman–Crippen LogP) is 4.54. The highest BCUT2D eigenvalue weighted by atomic mass is 14.9. The summed E-state index contributed by atoms with van der Waals surface area (Å²) in [6.07, 6.45) is 3.65. The molecule has 0 radical (unpaired) electrons. The predicted molar refractivity (Wildman–Crippen MR) is 72.9 cm³/mol. The molecule has 1 aromatic rings. The molecule has 0 bridgehead atoms. The topological polar surface area (TPSA) is 12.0 Å². The molecule has 1 N–H and O–H groups in total. The van der Waals surface area contributed by atoms with Gasteiger partial charge in [-0.1, -0.05) is 49.6 Å². The van der Waals surface area contributed by atoms with Gasteiger partial charge in [0.2, 0.25) is 0 Å². The summed E-state index contributed by atoms with van der Waals surface area (Å²) in [5.41, 5.74) is 3.70. The molecule has 0 aromatic heterocycles. The first kappa shape index (κ1) is 12.8. The average Bonchev–Trinajstić information content (AvgIpc) is 2.26. The SMILES string of the molecule is C=C(C)C(CCCC)Nc1ccc(C)cc1. The molecular weight excluding hydrogens is 194 g/mol. The van der Waals surface area contributed by atoms with Gasteiger partial charge in [0.25, 0.3) is 0 Å². The van der Waals surface area contributed by atoms with Crippen molar-refractivity contribution in [2.75, 3.05) is 5.32 Å². The van der Waals surface area contributed by atoms with Crippen LogP contribution in [0.25, 0.3) is 0 Å². The number of hydrogen-bond donors (Lipinski definition) is 1. The maximum absolute atomic E-state index is 4.06. The van der Waals surface area contributed by atoms with E-state index < -0.39 is 0 Å². The van der Waals surface area contributed by atoms with E-state index in [1.807, 2.05) is 0 Å². The lowest BCUT2D eigenvalue weighted by molar-refractivity contribution is 0.662. The van der Waals surface area contributed by atoms with Crippen LogP contribution in [-0.2, 0) is 0 Å². The van der Waals surface area contributed by atoms with Crippen LogP contribution in [0, 0.1) is 6.92 Å². The molecule has 1 unspecified atom stereocenters. The van der Waals surface area contributed by atoms with Gasteiger partial charge < -0.3 is 5.32 Å². The molecule has 0 heterocycles. The standard InChI is InChI=1S/C15H23N/c1-5-6-7-15(12(2)3)16-14-10-8-13(4)9-11-14/h8-11,15-16H,2,5-7H2,1,3-4H3. The number of anilines is 1. The molecule has 1 atom stereocenters. The van der Waals surface area contributed by atoms with Crippen LogP contribution in [0.5, 0.6) is 0 Å². The van der Waals surface area contributed by atoms with Gasteiger partial charge in [0.1, 0.15) is 0 Å². The second-order valence-corrected chi connectivity index (χ2v) is 4.55. The Morgan fingerprint density at radius 3 is 2.44 bits per heavy atom. The maximum atomic E-state index is 4.06. The number of hydrogen-bond acceptors (Lipinski definition) is 1. The van der Waals surface area contributed by atoms with E-state index in [1.165, 1.54) is 36.1 Å². The fraction of sp³-hybridized carbons (Fsp3) is 0.467. The summed E-state index contributed by atoms with van der Waals surface area (Å²) in [6, 6.07) is 8.95. The van der Waals surface area contributed by atoms with E-state index in [0.717, 1.165) is 0 Å². The van der Waals surface area contributed by atoms with Gasteiger partial charge >= 0.3 is 0 Å². The lowest BCUT2D eigenvalue weighted by atomic mass is 10.0.